The zero-order valence-corrected chi connectivity index (χ0v) is 11.6. The summed E-state index contributed by atoms with van der Waals surface area (Å²) in [6, 6.07) is 4.73. The van der Waals surface area contributed by atoms with Crippen molar-refractivity contribution in [2.45, 2.75) is 31.8 Å². The predicted octanol–water partition coefficient (Wildman–Crippen LogP) is 2.43. The SMILES string of the molecule is NC(=O)C1CCCCN1Cc1ccc(Br)cc1F. The van der Waals surface area contributed by atoms with Crippen LogP contribution in [0, 0.1) is 5.82 Å². The number of hydrogen-bond acceptors (Lipinski definition) is 2. The van der Waals surface area contributed by atoms with E-state index >= 15 is 0 Å². The summed E-state index contributed by atoms with van der Waals surface area (Å²) in [7, 11) is 0. The number of likely N-dealkylation sites (tertiary alicyclic amines) is 1. The summed E-state index contributed by atoms with van der Waals surface area (Å²) in [5.74, 6) is -0.564. The predicted molar refractivity (Wildman–Crippen MR) is 71.3 cm³/mol. The Labute approximate surface area is 114 Å². The molecule has 0 aliphatic carbocycles. The molecular formula is C13H16BrFN2O. The normalized spacial score (nSPS) is 20.9. The molecule has 1 amide bonds. The van der Waals surface area contributed by atoms with Crippen molar-refractivity contribution in [3.05, 3.63) is 34.1 Å². The second-order valence-electron chi connectivity index (χ2n) is 4.62. The van der Waals surface area contributed by atoms with E-state index in [9.17, 15) is 9.18 Å². The highest BCUT2D eigenvalue weighted by molar-refractivity contribution is 9.10. The minimum Gasteiger partial charge on any atom is -0.368 e. The molecule has 98 valence electrons. The van der Waals surface area contributed by atoms with Gasteiger partial charge in [0.25, 0.3) is 0 Å². The molecule has 5 heteroatoms. The van der Waals surface area contributed by atoms with E-state index in [1.54, 1.807) is 6.07 Å². The number of primary amides is 1. The van der Waals surface area contributed by atoms with Crippen LogP contribution in [0.4, 0.5) is 4.39 Å². The summed E-state index contributed by atoms with van der Waals surface area (Å²) in [4.78, 5) is 13.3. The van der Waals surface area contributed by atoms with Crippen molar-refractivity contribution >= 4 is 21.8 Å². The molecule has 18 heavy (non-hydrogen) atoms. The van der Waals surface area contributed by atoms with Crippen LogP contribution in [0.5, 0.6) is 0 Å². The van der Waals surface area contributed by atoms with E-state index in [0.29, 0.717) is 16.6 Å². The van der Waals surface area contributed by atoms with Crippen LogP contribution in [0.25, 0.3) is 0 Å². The second-order valence-corrected chi connectivity index (χ2v) is 5.54. The quantitative estimate of drug-likeness (QED) is 0.931. The zero-order valence-electron chi connectivity index (χ0n) is 10.0. The molecule has 0 bridgehead atoms. The average Bonchev–Trinajstić information content (AvgIpc) is 2.33. The van der Waals surface area contributed by atoms with E-state index in [1.165, 1.54) is 6.07 Å². The number of nitrogens with zero attached hydrogens (tertiary/aromatic N) is 1. The van der Waals surface area contributed by atoms with Crippen LogP contribution in [-0.4, -0.2) is 23.4 Å². The van der Waals surface area contributed by atoms with Crippen molar-refractivity contribution in [2.24, 2.45) is 5.73 Å². The first-order valence-electron chi connectivity index (χ1n) is 6.05. The third kappa shape index (κ3) is 3.09. The van der Waals surface area contributed by atoms with Crippen LogP contribution >= 0.6 is 15.9 Å². The van der Waals surface area contributed by atoms with Crippen molar-refractivity contribution < 1.29 is 9.18 Å². The molecule has 1 heterocycles. The molecule has 0 spiro atoms. The van der Waals surface area contributed by atoms with Gasteiger partial charge in [0.05, 0.1) is 6.04 Å². The Morgan fingerprint density at radius 1 is 1.50 bits per heavy atom. The maximum Gasteiger partial charge on any atom is 0.234 e. The number of amides is 1. The van der Waals surface area contributed by atoms with E-state index < -0.39 is 0 Å². The van der Waals surface area contributed by atoms with Crippen molar-refractivity contribution in [2.75, 3.05) is 6.54 Å². The van der Waals surface area contributed by atoms with Gasteiger partial charge in [-0.3, -0.25) is 9.69 Å². The lowest BCUT2D eigenvalue weighted by molar-refractivity contribution is -0.124. The maximum atomic E-state index is 13.8. The standard InChI is InChI=1S/C13H16BrFN2O/c14-10-5-4-9(11(15)7-10)8-17-6-2-1-3-12(17)13(16)18/h4-5,7,12H,1-3,6,8H2,(H2,16,18). The van der Waals surface area contributed by atoms with Gasteiger partial charge < -0.3 is 5.73 Å². The fourth-order valence-corrected chi connectivity index (χ4v) is 2.70. The largest absolute Gasteiger partial charge is 0.368 e. The lowest BCUT2D eigenvalue weighted by Gasteiger charge is -2.33. The van der Waals surface area contributed by atoms with Crippen molar-refractivity contribution in [3.8, 4) is 0 Å². The molecule has 1 unspecified atom stereocenters. The lowest BCUT2D eigenvalue weighted by atomic mass is 10.0. The van der Waals surface area contributed by atoms with E-state index in [1.807, 2.05) is 11.0 Å². The average molecular weight is 315 g/mol. The van der Waals surface area contributed by atoms with Gasteiger partial charge in [-0.2, -0.15) is 0 Å². The first-order valence-corrected chi connectivity index (χ1v) is 6.84. The molecule has 1 atom stereocenters. The van der Waals surface area contributed by atoms with Gasteiger partial charge in [-0.15, -0.1) is 0 Å². The van der Waals surface area contributed by atoms with E-state index in [2.05, 4.69) is 15.9 Å². The summed E-state index contributed by atoms with van der Waals surface area (Å²) in [6.45, 7) is 1.23. The highest BCUT2D eigenvalue weighted by atomic mass is 79.9. The van der Waals surface area contributed by atoms with Crippen LogP contribution < -0.4 is 5.73 Å². The van der Waals surface area contributed by atoms with Gasteiger partial charge in [0.15, 0.2) is 0 Å². The molecule has 2 N–H and O–H groups in total. The van der Waals surface area contributed by atoms with Crippen LogP contribution in [0.2, 0.25) is 0 Å². The van der Waals surface area contributed by atoms with Gasteiger partial charge in [-0.05, 0) is 31.5 Å². The molecule has 1 fully saturated rings. The number of carbonyl (C=O) groups is 1. The monoisotopic (exact) mass is 314 g/mol. The number of carbonyl (C=O) groups excluding carboxylic acids is 1. The van der Waals surface area contributed by atoms with Gasteiger partial charge in [-0.25, -0.2) is 4.39 Å². The summed E-state index contributed by atoms with van der Waals surface area (Å²) in [5.41, 5.74) is 5.99. The summed E-state index contributed by atoms with van der Waals surface area (Å²) >= 11 is 3.23. The third-order valence-electron chi connectivity index (χ3n) is 3.33. The first-order chi connectivity index (χ1) is 8.58. The topological polar surface area (TPSA) is 46.3 Å². The fraction of sp³-hybridized carbons (Fsp3) is 0.462. The zero-order chi connectivity index (χ0) is 13.1. The second kappa shape index (κ2) is 5.80. The molecule has 0 aromatic heterocycles. The van der Waals surface area contributed by atoms with Crippen molar-refractivity contribution in [1.82, 2.24) is 4.90 Å². The Kier molecular flexibility index (Phi) is 4.35. The van der Waals surface area contributed by atoms with Crippen molar-refractivity contribution in [3.63, 3.8) is 0 Å². The third-order valence-corrected chi connectivity index (χ3v) is 3.82. The highest BCUT2D eigenvalue weighted by Crippen LogP contribution is 2.22. The smallest absolute Gasteiger partial charge is 0.234 e. The Balaban J connectivity index is 2.13. The number of benzene rings is 1. The molecule has 1 saturated heterocycles. The highest BCUT2D eigenvalue weighted by Gasteiger charge is 2.27. The van der Waals surface area contributed by atoms with Crippen LogP contribution in [0.15, 0.2) is 22.7 Å². The summed E-state index contributed by atoms with van der Waals surface area (Å²) in [5, 5.41) is 0. The lowest BCUT2D eigenvalue weighted by Crippen LogP contribution is -2.47. The molecule has 0 radical (unpaired) electrons. The van der Waals surface area contributed by atoms with E-state index in [4.69, 9.17) is 5.73 Å². The Morgan fingerprint density at radius 2 is 2.28 bits per heavy atom. The Hall–Kier alpha value is -0.940. The molecule has 1 aromatic rings. The van der Waals surface area contributed by atoms with Gasteiger partial charge in [0, 0.05) is 16.6 Å². The number of hydrogen-bond donors (Lipinski definition) is 1. The van der Waals surface area contributed by atoms with E-state index in [-0.39, 0.29) is 17.8 Å². The molecule has 1 aromatic carbocycles. The van der Waals surface area contributed by atoms with Crippen LogP contribution in [0.3, 0.4) is 0 Å². The molecule has 1 aliphatic rings. The molecule has 0 saturated carbocycles. The number of halogens is 2. The molecule has 2 rings (SSSR count). The van der Waals surface area contributed by atoms with Gasteiger partial charge in [-0.1, -0.05) is 28.4 Å². The van der Waals surface area contributed by atoms with Crippen LogP contribution in [0.1, 0.15) is 24.8 Å². The van der Waals surface area contributed by atoms with Gasteiger partial charge in [0.1, 0.15) is 5.82 Å². The fourth-order valence-electron chi connectivity index (χ4n) is 2.37. The van der Waals surface area contributed by atoms with E-state index in [0.717, 1.165) is 25.8 Å². The number of rotatable bonds is 3. The van der Waals surface area contributed by atoms with Crippen molar-refractivity contribution in [1.29, 1.82) is 0 Å². The summed E-state index contributed by atoms with van der Waals surface area (Å²) < 4.78 is 14.5. The number of nitrogens with two attached hydrogens (primary N) is 1. The first kappa shape index (κ1) is 13.5. The molecule has 1 aliphatic heterocycles. The number of piperidine rings is 1. The minimum absolute atomic E-state index is 0.252. The van der Waals surface area contributed by atoms with Gasteiger partial charge in [0.2, 0.25) is 5.91 Å². The summed E-state index contributed by atoms with van der Waals surface area (Å²) in [6.07, 6.45) is 2.81. The minimum atomic E-state index is -0.313. The Bertz CT molecular complexity index is 453. The maximum absolute atomic E-state index is 13.8. The Morgan fingerprint density at radius 3 is 2.94 bits per heavy atom. The van der Waals surface area contributed by atoms with Gasteiger partial charge >= 0.3 is 0 Å². The van der Waals surface area contributed by atoms with Crippen LogP contribution in [-0.2, 0) is 11.3 Å². The molecular weight excluding hydrogens is 299 g/mol. The molecule has 3 nitrogen and oxygen atoms in total.